The lowest BCUT2D eigenvalue weighted by molar-refractivity contribution is 0.324. The molecule has 156 valence electrons. The minimum Gasteiger partial charge on any atom is -0.297 e. The number of sulfonamides is 1. The lowest BCUT2D eigenvalue weighted by Crippen LogP contribution is -2.37. The summed E-state index contributed by atoms with van der Waals surface area (Å²) in [7, 11) is -3.75. The standard InChI is InChI=1S/C24H25FN2O2S/c1-18-7-12-22(25)15-24(18)30(28,29)26-23-13-14-27(17-23)16-19-8-10-21(11-9-19)20-5-3-2-4-6-20/h2-12,15,23,26H,13-14,16-17H2,1H3/t23-/m0/s1. The largest absolute Gasteiger partial charge is 0.297 e. The maximum atomic E-state index is 13.5. The Morgan fingerprint density at radius 3 is 2.43 bits per heavy atom. The molecule has 1 aliphatic heterocycles. The Balaban J connectivity index is 1.37. The van der Waals surface area contributed by atoms with Crippen molar-refractivity contribution in [2.75, 3.05) is 13.1 Å². The highest BCUT2D eigenvalue weighted by molar-refractivity contribution is 7.89. The Hall–Kier alpha value is -2.54. The van der Waals surface area contributed by atoms with Gasteiger partial charge in [-0.1, -0.05) is 60.7 Å². The van der Waals surface area contributed by atoms with Crippen LogP contribution in [0.3, 0.4) is 0 Å². The van der Waals surface area contributed by atoms with Gasteiger partial charge in [-0.2, -0.15) is 0 Å². The summed E-state index contributed by atoms with van der Waals surface area (Å²) >= 11 is 0. The number of nitrogens with one attached hydrogen (secondary N) is 1. The van der Waals surface area contributed by atoms with Crippen molar-refractivity contribution in [1.82, 2.24) is 9.62 Å². The fourth-order valence-electron chi connectivity index (χ4n) is 3.91. The van der Waals surface area contributed by atoms with Crippen molar-refractivity contribution in [3.8, 4) is 11.1 Å². The van der Waals surface area contributed by atoms with Gasteiger partial charge in [-0.15, -0.1) is 0 Å². The normalized spacial score (nSPS) is 17.3. The van der Waals surface area contributed by atoms with Crippen molar-refractivity contribution in [3.63, 3.8) is 0 Å². The smallest absolute Gasteiger partial charge is 0.241 e. The summed E-state index contributed by atoms with van der Waals surface area (Å²) in [4.78, 5) is 2.25. The molecule has 1 aliphatic rings. The van der Waals surface area contributed by atoms with Crippen molar-refractivity contribution in [1.29, 1.82) is 0 Å². The van der Waals surface area contributed by atoms with Gasteiger partial charge in [0.05, 0.1) is 4.90 Å². The molecule has 0 spiro atoms. The Morgan fingerprint density at radius 2 is 1.70 bits per heavy atom. The van der Waals surface area contributed by atoms with E-state index < -0.39 is 15.8 Å². The van der Waals surface area contributed by atoms with Gasteiger partial charge < -0.3 is 0 Å². The zero-order valence-corrected chi connectivity index (χ0v) is 17.7. The van der Waals surface area contributed by atoms with Crippen LogP contribution in [0.2, 0.25) is 0 Å². The number of halogens is 1. The molecule has 1 heterocycles. The van der Waals surface area contributed by atoms with Crippen LogP contribution < -0.4 is 4.72 Å². The van der Waals surface area contributed by atoms with Crippen LogP contribution in [0.15, 0.2) is 77.7 Å². The molecular formula is C24H25FN2O2S. The molecule has 4 nitrogen and oxygen atoms in total. The van der Waals surface area contributed by atoms with Crippen LogP contribution in [-0.2, 0) is 16.6 Å². The van der Waals surface area contributed by atoms with Crippen LogP contribution in [-0.4, -0.2) is 32.4 Å². The topological polar surface area (TPSA) is 49.4 Å². The molecule has 1 fully saturated rings. The minimum absolute atomic E-state index is 0.0115. The van der Waals surface area contributed by atoms with Gasteiger partial charge >= 0.3 is 0 Å². The lowest BCUT2D eigenvalue weighted by atomic mass is 10.0. The van der Waals surface area contributed by atoms with Gasteiger partial charge in [-0.05, 0) is 47.7 Å². The number of hydrogen-bond donors (Lipinski definition) is 1. The first-order chi connectivity index (χ1) is 14.4. The van der Waals surface area contributed by atoms with Gasteiger partial charge in [0.25, 0.3) is 0 Å². The molecule has 0 aromatic heterocycles. The van der Waals surface area contributed by atoms with Gasteiger partial charge in [-0.25, -0.2) is 17.5 Å². The predicted octanol–water partition coefficient (Wildman–Crippen LogP) is 4.35. The summed E-state index contributed by atoms with van der Waals surface area (Å²) in [5.41, 5.74) is 4.10. The highest BCUT2D eigenvalue weighted by atomic mass is 32.2. The minimum atomic E-state index is -3.75. The number of aryl methyl sites for hydroxylation is 1. The molecule has 0 unspecified atom stereocenters. The summed E-state index contributed by atoms with van der Waals surface area (Å²) < 4.78 is 41.7. The molecule has 0 radical (unpaired) electrons. The quantitative estimate of drug-likeness (QED) is 0.640. The molecule has 4 rings (SSSR count). The van der Waals surface area contributed by atoms with Crippen LogP contribution in [0, 0.1) is 12.7 Å². The van der Waals surface area contributed by atoms with E-state index in [0.29, 0.717) is 12.1 Å². The van der Waals surface area contributed by atoms with Gasteiger partial charge in [-0.3, -0.25) is 4.90 Å². The van der Waals surface area contributed by atoms with E-state index in [2.05, 4.69) is 46.0 Å². The van der Waals surface area contributed by atoms with E-state index in [1.165, 1.54) is 28.8 Å². The second-order valence-electron chi connectivity index (χ2n) is 7.81. The van der Waals surface area contributed by atoms with E-state index in [-0.39, 0.29) is 10.9 Å². The van der Waals surface area contributed by atoms with E-state index in [4.69, 9.17) is 0 Å². The molecule has 1 saturated heterocycles. The van der Waals surface area contributed by atoms with E-state index in [1.807, 2.05) is 18.2 Å². The zero-order chi connectivity index (χ0) is 21.1. The van der Waals surface area contributed by atoms with Crippen LogP contribution in [0.5, 0.6) is 0 Å². The Labute approximate surface area is 177 Å². The first-order valence-electron chi connectivity index (χ1n) is 10.1. The third-order valence-electron chi connectivity index (χ3n) is 5.50. The second-order valence-corrected chi connectivity index (χ2v) is 9.50. The third-order valence-corrected chi connectivity index (χ3v) is 7.16. The van der Waals surface area contributed by atoms with Crippen LogP contribution >= 0.6 is 0 Å². The average Bonchev–Trinajstić information content (AvgIpc) is 3.17. The number of rotatable bonds is 6. The lowest BCUT2D eigenvalue weighted by Gasteiger charge is -2.18. The maximum absolute atomic E-state index is 13.5. The SMILES string of the molecule is Cc1ccc(F)cc1S(=O)(=O)N[C@H]1CCN(Cc2ccc(-c3ccccc3)cc2)C1. The molecule has 6 heteroatoms. The van der Waals surface area contributed by atoms with Crippen LogP contribution in [0.25, 0.3) is 11.1 Å². The number of nitrogens with zero attached hydrogens (tertiary/aromatic N) is 1. The van der Waals surface area contributed by atoms with Crippen molar-refractivity contribution in [2.45, 2.75) is 30.8 Å². The summed E-state index contributed by atoms with van der Waals surface area (Å²) in [6, 6.07) is 22.4. The molecule has 1 N–H and O–H groups in total. The van der Waals surface area contributed by atoms with E-state index in [1.54, 1.807) is 6.92 Å². The highest BCUT2D eigenvalue weighted by Crippen LogP contribution is 2.22. The fraction of sp³-hybridized carbons (Fsp3) is 0.250. The first kappa shape index (κ1) is 20.7. The van der Waals surface area contributed by atoms with E-state index in [9.17, 15) is 12.8 Å². The summed E-state index contributed by atoms with van der Waals surface area (Å²) in [6.07, 6.45) is 0.732. The maximum Gasteiger partial charge on any atom is 0.241 e. The molecule has 0 amide bonds. The number of likely N-dealkylation sites (tertiary alicyclic amines) is 1. The molecule has 30 heavy (non-hydrogen) atoms. The highest BCUT2D eigenvalue weighted by Gasteiger charge is 2.28. The molecule has 3 aromatic rings. The van der Waals surface area contributed by atoms with Gasteiger partial charge in [0.2, 0.25) is 10.0 Å². The van der Waals surface area contributed by atoms with Gasteiger partial charge in [0, 0.05) is 25.7 Å². The molecule has 3 aromatic carbocycles. The molecular weight excluding hydrogens is 399 g/mol. The monoisotopic (exact) mass is 424 g/mol. The summed E-state index contributed by atoms with van der Waals surface area (Å²) in [6.45, 7) is 3.89. The Bertz CT molecular complexity index is 1120. The van der Waals surface area contributed by atoms with Crippen LogP contribution in [0.1, 0.15) is 17.5 Å². The molecule has 1 atom stereocenters. The Morgan fingerprint density at radius 1 is 1.00 bits per heavy atom. The number of hydrogen-bond acceptors (Lipinski definition) is 3. The zero-order valence-electron chi connectivity index (χ0n) is 16.9. The summed E-state index contributed by atoms with van der Waals surface area (Å²) in [5.74, 6) is -0.548. The van der Waals surface area contributed by atoms with Crippen molar-refractivity contribution >= 4 is 10.0 Å². The van der Waals surface area contributed by atoms with E-state index >= 15 is 0 Å². The van der Waals surface area contributed by atoms with Crippen molar-refractivity contribution in [2.24, 2.45) is 0 Å². The second kappa shape index (κ2) is 8.68. The van der Waals surface area contributed by atoms with Gasteiger partial charge in [0.1, 0.15) is 5.82 Å². The predicted molar refractivity (Wildman–Crippen MR) is 117 cm³/mol. The Kier molecular flexibility index (Phi) is 5.99. The van der Waals surface area contributed by atoms with Crippen molar-refractivity contribution in [3.05, 3.63) is 89.7 Å². The van der Waals surface area contributed by atoms with Gasteiger partial charge in [0.15, 0.2) is 0 Å². The fourth-order valence-corrected chi connectivity index (χ4v) is 5.43. The number of benzene rings is 3. The molecule has 0 bridgehead atoms. The summed E-state index contributed by atoms with van der Waals surface area (Å²) in [5, 5.41) is 0. The first-order valence-corrected chi connectivity index (χ1v) is 11.5. The third kappa shape index (κ3) is 4.78. The van der Waals surface area contributed by atoms with Crippen molar-refractivity contribution < 1.29 is 12.8 Å². The molecule has 0 saturated carbocycles. The van der Waals surface area contributed by atoms with Crippen LogP contribution in [0.4, 0.5) is 4.39 Å². The average molecular weight is 425 g/mol. The molecule has 0 aliphatic carbocycles. The van der Waals surface area contributed by atoms with E-state index in [0.717, 1.165) is 25.6 Å².